The van der Waals surface area contributed by atoms with Crippen LogP contribution in [0.1, 0.15) is 26.3 Å². The third kappa shape index (κ3) is 5.51. The first-order valence-electron chi connectivity index (χ1n) is 7.51. The van der Waals surface area contributed by atoms with Crippen molar-refractivity contribution in [1.29, 1.82) is 0 Å². The number of nitrogens with one attached hydrogen (secondary N) is 2. The summed E-state index contributed by atoms with van der Waals surface area (Å²) in [7, 11) is 1.11. The number of halogens is 1. The molecule has 2 rings (SSSR count). The van der Waals surface area contributed by atoms with E-state index in [1.165, 1.54) is 0 Å². The van der Waals surface area contributed by atoms with E-state index in [0.29, 0.717) is 10.6 Å². The molecule has 0 aromatic heterocycles. The highest BCUT2D eigenvalue weighted by Crippen LogP contribution is 2.18. The number of hydrogen-bond acceptors (Lipinski definition) is 6. The minimum absolute atomic E-state index is 0.0141. The van der Waals surface area contributed by atoms with Gasteiger partial charge in [0.2, 0.25) is 5.91 Å². The van der Waals surface area contributed by atoms with Crippen LogP contribution in [0.2, 0.25) is 5.02 Å². The minimum atomic E-state index is -0.834. The van der Waals surface area contributed by atoms with E-state index in [-0.39, 0.29) is 17.5 Å². The van der Waals surface area contributed by atoms with Crippen molar-refractivity contribution in [3.8, 4) is 0 Å². The summed E-state index contributed by atoms with van der Waals surface area (Å²) in [5, 5.41) is 11.5. The number of ether oxygens (including phenoxy) is 1. The molecule has 2 N–H and O–H groups in total. The highest BCUT2D eigenvalue weighted by atomic mass is 35.5. The second-order valence-corrected chi connectivity index (χ2v) is 5.76. The van der Waals surface area contributed by atoms with Gasteiger partial charge < -0.3 is 4.74 Å². The third-order valence-electron chi connectivity index (χ3n) is 3.41. The lowest BCUT2D eigenvalue weighted by Crippen LogP contribution is -2.42. The van der Waals surface area contributed by atoms with Gasteiger partial charge in [-0.25, -0.2) is 4.79 Å². The topological polar surface area (TPSA) is 128 Å². The molecule has 0 aliphatic heterocycles. The smallest absolute Gasteiger partial charge is 0.338 e. The van der Waals surface area contributed by atoms with Crippen LogP contribution in [0, 0.1) is 10.1 Å². The predicted octanol–water partition coefficient (Wildman–Crippen LogP) is 2.04. The Morgan fingerprint density at radius 1 is 1.07 bits per heavy atom. The van der Waals surface area contributed by atoms with Gasteiger partial charge in [0.15, 0.2) is 0 Å². The zero-order valence-corrected chi connectivity index (χ0v) is 14.8. The normalized spacial score (nSPS) is 10.0. The van der Waals surface area contributed by atoms with Crippen molar-refractivity contribution in [2.24, 2.45) is 0 Å². The lowest BCUT2D eigenvalue weighted by molar-refractivity contribution is -0.384. The number of carbonyl (C=O) groups is 3. The van der Waals surface area contributed by atoms with E-state index in [0.717, 1.165) is 25.3 Å². The number of hydrazine groups is 1. The summed E-state index contributed by atoms with van der Waals surface area (Å²) in [6, 6.07) is 9.66. The molecule has 0 heterocycles. The maximum absolute atomic E-state index is 12.2. The summed E-state index contributed by atoms with van der Waals surface area (Å²) in [5.41, 5.74) is 4.21. The van der Waals surface area contributed by atoms with Crippen LogP contribution in [-0.4, -0.2) is 29.8 Å². The molecule has 140 valence electrons. The molecule has 0 radical (unpaired) electrons. The number of non-ortho nitro benzene ring substituents is 1. The summed E-state index contributed by atoms with van der Waals surface area (Å²) in [6.45, 7) is 0. The van der Waals surface area contributed by atoms with Crippen LogP contribution >= 0.6 is 11.6 Å². The van der Waals surface area contributed by atoms with E-state index in [4.69, 9.17) is 11.6 Å². The fourth-order valence-corrected chi connectivity index (χ4v) is 2.24. The number of hydrogen-bond donors (Lipinski definition) is 2. The van der Waals surface area contributed by atoms with Crippen LogP contribution in [-0.2, 0) is 16.0 Å². The number of amides is 2. The molecule has 0 aliphatic carbocycles. The molecule has 2 amide bonds. The van der Waals surface area contributed by atoms with Crippen LogP contribution in [0.4, 0.5) is 5.69 Å². The summed E-state index contributed by atoms with van der Waals surface area (Å²) in [5.74, 6) is -2.17. The average Bonchev–Trinajstić information content (AvgIpc) is 2.66. The largest absolute Gasteiger partial charge is 0.465 e. The predicted molar refractivity (Wildman–Crippen MR) is 95.2 cm³/mol. The van der Waals surface area contributed by atoms with Gasteiger partial charge in [-0.05, 0) is 23.8 Å². The van der Waals surface area contributed by atoms with Crippen molar-refractivity contribution < 1.29 is 24.0 Å². The van der Waals surface area contributed by atoms with Gasteiger partial charge in [0.1, 0.15) is 0 Å². The Morgan fingerprint density at radius 3 is 2.30 bits per heavy atom. The number of benzene rings is 2. The molecule has 0 saturated heterocycles. The van der Waals surface area contributed by atoms with Crippen molar-refractivity contribution in [3.63, 3.8) is 0 Å². The van der Waals surface area contributed by atoms with E-state index in [9.17, 15) is 24.5 Å². The zero-order chi connectivity index (χ0) is 20.0. The molecule has 10 heteroatoms. The van der Waals surface area contributed by atoms with Crippen molar-refractivity contribution >= 4 is 35.1 Å². The second kappa shape index (κ2) is 8.77. The Balaban J connectivity index is 2.07. The molecule has 27 heavy (non-hydrogen) atoms. The second-order valence-electron chi connectivity index (χ2n) is 5.32. The molecule has 0 spiro atoms. The minimum Gasteiger partial charge on any atom is -0.465 e. The Bertz CT molecular complexity index is 898. The Kier molecular flexibility index (Phi) is 6.45. The first-order chi connectivity index (χ1) is 12.8. The van der Waals surface area contributed by atoms with Gasteiger partial charge in [0.05, 0.1) is 24.0 Å². The van der Waals surface area contributed by atoms with E-state index >= 15 is 0 Å². The monoisotopic (exact) mass is 391 g/mol. The molecule has 2 aromatic rings. The van der Waals surface area contributed by atoms with Crippen LogP contribution < -0.4 is 10.9 Å². The summed E-state index contributed by atoms with van der Waals surface area (Å²) >= 11 is 5.76. The molecule has 0 atom stereocenters. The molecule has 0 unspecified atom stereocenters. The molecule has 0 aliphatic rings. The van der Waals surface area contributed by atoms with Gasteiger partial charge in [0.25, 0.3) is 11.6 Å². The van der Waals surface area contributed by atoms with E-state index in [1.54, 1.807) is 24.3 Å². The Hall–Kier alpha value is -3.46. The third-order valence-corrected chi connectivity index (χ3v) is 3.66. The lowest BCUT2D eigenvalue weighted by atomic mass is 10.1. The Morgan fingerprint density at radius 2 is 1.70 bits per heavy atom. The van der Waals surface area contributed by atoms with E-state index in [1.807, 2.05) is 0 Å². The van der Waals surface area contributed by atoms with E-state index in [2.05, 4.69) is 15.6 Å². The van der Waals surface area contributed by atoms with Crippen LogP contribution in [0.5, 0.6) is 0 Å². The first-order valence-corrected chi connectivity index (χ1v) is 7.89. The molecular weight excluding hydrogens is 378 g/mol. The first kappa shape index (κ1) is 19.9. The van der Waals surface area contributed by atoms with Crippen molar-refractivity contribution in [1.82, 2.24) is 10.9 Å². The highest BCUT2D eigenvalue weighted by Gasteiger charge is 2.18. The van der Waals surface area contributed by atoms with Gasteiger partial charge in [0, 0.05) is 22.7 Å². The molecule has 0 saturated carbocycles. The standard InChI is InChI=1S/C17H14ClN3O6/c1-27-17(24)12-7-11(8-14(9-12)21(25)26)16(23)20-19-15(22)6-10-2-4-13(18)5-3-10/h2-5,7-9H,6H2,1H3,(H,19,22)(H,20,23). The number of methoxy groups -OCH3 is 1. The van der Waals surface area contributed by atoms with Crippen LogP contribution in [0.25, 0.3) is 0 Å². The van der Waals surface area contributed by atoms with Crippen LogP contribution in [0.3, 0.4) is 0 Å². The quantitative estimate of drug-likeness (QED) is 0.456. The maximum atomic E-state index is 12.2. The average molecular weight is 392 g/mol. The van der Waals surface area contributed by atoms with E-state index < -0.39 is 28.4 Å². The van der Waals surface area contributed by atoms with Crippen LogP contribution in [0.15, 0.2) is 42.5 Å². The van der Waals surface area contributed by atoms with Crippen molar-refractivity contribution in [2.75, 3.05) is 7.11 Å². The highest BCUT2D eigenvalue weighted by molar-refractivity contribution is 6.30. The number of esters is 1. The number of carbonyl (C=O) groups excluding carboxylic acids is 3. The number of nitro benzene ring substituents is 1. The zero-order valence-electron chi connectivity index (χ0n) is 14.0. The Labute approximate surface area is 158 Å². The number of nitrogens with zero attached hydrogens (tertiary/aromatic N) is 1. The molecular formula is C17H14ClN3O6. The summed E-state index contributed by atoms with van der Waals surface area (Å²) in [4.78, 5) is 45.9. The maximum Gasteiger partial charge on any atom is 0.338 e. The summed E-state index contributed by atoms with van der Waals surface area (Å²) in [6.07, 6.45) is -0.0141. The van der Waals surface area contributed by atoms with Crippen molar-refractivity contribution in [2.45, 2.75) is 6.42 Å². The van der Waals surface area contributed by atoms with Gasteiger partial charge in [-0.15, -0.1) is 0 Å². The lowest BCUT2D eigenvalue weighted by Gasteiger charge is -2.08. The molecule has 0 fully saturated rings. The fourth-order valence-electron chi connectivity index (χ4n) is 2.11. The number of rotatable bonds is 5. The van der Waals surface area contributed by atoms with Crippen molar-refractivity contribution in [3.05, 3.63) is 74.3 Å². The molecule has 2 aromatic carbocycles. The SMILES string of the molecule is COC(=O)c1cc(C(=O)NNC(=O)Cc2ccc(Cl)cc2)cc([N+](=O)[O-])c1. The van der Waals surface area contributed by atoms with Gasteiger partial charge in [-0.2, -0.15) is 0 Å². The van der Waals surface area contributed by atoms with Gasteiger partial charge in [-0.3, -0.25) is 30.6 Å². The molecule has 9 nitrogen and oxygen atoms in total. The fraction of sp³-hybridized carbons (Fsp3) is 0.118. The molecule has 0 bridgehead atoms. The number of nitro groups is 1. The summed E-state index contributed by atoms with van der Waals surface area (Å²) < 4.78 is 4.51. The van der Waals surface area contributed by atoms with Gasteiger partial charge in [-0.1, -0.05) is 23.7 Å². The van der Waals surface area contributed by atoms with Gasteiger partial charge >= 0.3 is 5.97 Å².